The van der Waals surface area contributed by atoms with Crippen molar-refractivity contribution >= 4 is 23.2 Å². The van der Waals surface area contributed by atoms with Crippen LogP contribution in [-0.2, 0) is 12.8 Å². The van der Waals surface area contributed by atoms with Gasteiger partial charge in [0.15, 0.2) is 0 Å². The summed E-state index contributed by atoms with van der Waals surface area (Å²) in [5.74, 6) is 0. The van der Waals surface area contributed by atoms with Crippen molar-refractivity contribution in [3.63, 3.8) is 0 Å². The zero-order chi connectivity index (χ0) is 14.5. The summed E-state index contributed by atoms with van der Waals surface area (Å²) in [7, 11) is 0. The second-order valence-electron chi connectivity index (χ2n) is 5.00. The molecule has 106 valence electrons. The van der Waals surface area contributed by atoms with Crippen molar-refractivity contribution < 1.29 is 0 Å². The van der Waals surface area contributed by atoms with E-state index in [9.17, 15) is 0 Å². The average molecular weight is 309 g/mol. The van der Waals surface area contributed by atoms with Crippen molar-refractivity contribution in [1.29, 1.82) is 0 Å². The zero-order valence-electron chi connectivity index (χ0n) is 11.1. The molecule has 2 aromatic carbocycles. The Morgan fingerprint density at radius 2 is 1.15 bits per heavy atom. The highest BCUT2D eigenvalue weighted by Gasteiger charge is 2.14. The molecule has 0 aliphatic carbocycles. The third-order valence-corrected chi connectivity index (χ3v) is 3.74. The van der Waals surface area contributed by atoms with Gasteiger partial charge < -0.3 is 11.5 Å². The Hall–Kier alpha value is -1.06. The van der Waals surface area contributed by atoms with Crippen LogP contribution in [0.15, 0.2) is 48.5 Å². The summed E-state index contributed by atoms with van der Waals surface area (Å²) in [6.45, 7) is 0. The molecule has 2 atom stereocenters. The lowest BCUT2D eigenvalue weighted by atomic mass is 9.95. The fourth-order valence-electron chi connectivity index (χ4n) is 2.17. The normalized spacial score (nSPS) is 14.0. The van der Waals surface area contributed by atoms with Gasteiger partial charge in [-0.15, -0.1) is 0 Å². The third kappa shape index (κ3) is 4.50. The lowest BCUT2D eigenvalue weighted by Gasteiger charge is -2.20. The van der Waals surface area contributed by atoms with Crippen LogP contribution in [0.3, 0.4) is 0 Å². The maximum atomic E-state index is 6.18. The smallest absolute Gasteiger partial charge is 0.0408 e. The molecule has 0 bridgehead atoms. The van der Waals surface area contributed by atoms with Gasteiger partial charge in [-0.2, -0.15) is 0 Å². The van der Waals surface area contributed by atoms with E-state index in [-0.39, 0.29) is 12.1 Å². The van der Waals surface area contributed by atoms with Crippen LogP contribution in [-0.4, -0.2) is 12.1 Å². The predicted octanol–water partition coefficient (Wildman–Crippen LogP) is 3.43. The molecule has 0 saturated heterocycles. The first-order valence-electron chi connectivity index (χ1n) is 6.54. The van der Waals surface area contributed by atoms with Gasteiger partial charge in [0.2, 0.25) is 0 Å². The van der Waals surface area contributed by atoms with Crippen LogP contribution in [0.25, 0.3) is 0 Å². The van der Waals surface area contributed by atoms with Crippen LogP contribution < -0.4 is 11.5 Å². The summed E-state index contributed by atoms with van der Waals surface area (Å²) in [5, 5.41) is 1.44. The molecule has 20 heavy (non-hydrogen) atoms. The number of benzene rings is 2. The van der Waals surface area contributed by atoms with E-state index in [1.165, 1.54) is 0 Å². The largest absolute Gasteiger partial charge is 0.326 e. The molecule has 0 radical (unpaired) electrons. The molecule has 0 aliphatic heterocycles. The van der Waals surface area contributed by atoms with E-state index in [1.54, 1.807) is 0 Å². The second kappa shape index (κ2) is 7.09. The molecule has 0 spiro atoms. The molecule has 0 heterocycles. The average Bonchev–Trinajstić information content (AvgIpc) is 2.38. The minimum atomic E-state index is -0.118. The Morgan fingerprint density at radius 3 is 1.50 bits per heavy atom. The van der Waals surface area contributed by atoms with Gasteiger partial charge >= 0.3 is 0 Å². The quantitative estimate of drug-likeness (QED) is 0.889. The van der Waals surface area contributed by atoms with E-state index in [1.807, 2.05) is 48.5 Å². The fraction of sp³-hybridized carbons (Fsp3) is 0.250. The van der Waals surface area contributed by atoms with Crippen molar-refractivity contribution in [2.75, 3.05) is 0 Å². The monoisotopic (exact) mass is 308 g/mol. The third-order valence-electron chi connectivity index (χ3n) is 3.27. The van der Waals surface area contributed by atoms with Crippen molar-refractivity contribution in [2.45, 2.75) is 24.9 Å². The van der Waals surface area contributed by atoms with Gasteiger partial charge in [0, 0.05) is 22.1 Å². The lowest BCUT2D eigenvalue weighted by Crippen LogP contribution is -2.44. The topological polar surface area (TPSA) is 52.0 Å². The van der Waals surface area contributed by atoms with Gasteiger partial charge in [-0.25, -0.2) is 0 Å². The van der Waals surface area contributed by atoms with Crippen LogP contribution >= 0.6 is 23.2 Å². The maximum absolute atomic E-state index is 6.18. The molecule has 2 rings (SSSR count). The van der Waals surface area contributed by atoms with E-state index >= 15 is 0 Å². The van der Waals surface area contributed by atoms with Gasteiger partial charge in [0.25, 0.3) is 0 Å². The Bertz CT molecular complexity index is 520. The van der Waals surface area contributed by atoms with E-state index in [4.69, 9.17) is 34.7 Å². The second-order valence-corrected chi connectivity index (χ2v) is 5.87. The summed E-state index contributed by atoms with van der Waals surface area (Å²) in [5.41, 5.74) is 14.6. The van der Waals surface area contributed by atoms with E-state index in [0.29, 0.717) is 12.8 Å². The van der Waals surface area contributed by atoms with Crippen LogP contribution in [0.5, 0.6) is 0 Å². The van der Waals surface area contributed by atoms with E-state index < -0.39 is 0 Å². The minimum Gasteiger partial charge on any atom is -0.326 e. The zero-order valence-corrected chi connectivity index (χ0v) is 12.6. The van der Waals surface area contributed by atoms with Crippen molar-refractivity contribution in [2.24, 2.45) is 11.5 Å². The summed E-state index contributed by atoms with van der Waals surface area (Å²) >= 11 is 11.9. The summed E-state index contributed by atoms with van der Waals surface area (Å²) in [6.07, 6.45) is 1.42. The molecule has 0 amide bonds. The minimum absolute atomic E-state index is 0.118. The van der Waals surface area contributed by atoms with Crippen LogP contribution in [0.4, 0.5) is 0 Å². The first-order chi connectivity index (χ1) is 9.54. The Balaban J connectivity index is 1.96. The first-order valence-corrected chi connectivity index (χ1v) is 7.30. The molecule has 0 saturated carbocycles. The number of halogens is 2. The highest BCUT2D eigenvalue weighted by atomic mass is 35.5. The molecule has 0 unspecified atom stereocenters. The standard InChI is InChI=1S/C16H18Cl2N2/c17-13-5-1-3-11(7-13)9-15(19)16(20)10-12-4-2-6-14(18)8-12/h1-8,15-16H,9-10,19-20H2/t15-,16-/m0/s1. The van der Waals surface area contributed by atoms with Gasteiger partial charge in [0.1, 0.15) is 0 Å². The summed E-state index contributed by atoms with van der Waals surface area (Å²) < 4.78 is 0. The maximum Gasteiger partial charge on any atom is 0.0408 e. The molecule has 4 heteroatoms. The Kier molecular flexibility index (Phi) is 5.44. The van der Waals surface area contributed by atoms with Gasteiger partial charge in [-0.3, -0.25) is 0 Å². The van der Waals surface area contributed by atoms with E-state index in [0.717, 1.165) is 21.2 Å². The molecule has 0 aliphatic rings. The molecule has 2 nitrogen and oxygen atoms in total. The molecular weight excluding hydrogens is 291 g/mol. The fourth-order valence-corrected chi connectivity index (χ4v) is 2.60. The number of rotatable bonds is 5. The highest BCUT2D eigenvalue weighted by molar-refractivity contribution is 6.30. The van der Waals surface area contributed by atoms with E-state index in [2.05, 4.69) is 0 Å². The van der Waals surface area contributed by atoms with Crippen LogP contribution in [0, 0.1) is 0 Å². The summed E-state index contributed by atoms with van der Waals surface area (Å²) in [6, 6.07) is 15.2. The van der Waals surface area contributed by atoms with Gasteiger partial charge in [-0.05, 0) is 48.2 Å². The Morgan fingerprint density at radius 1 is 0.750 bits per heavy atom. The molecule has 2 aromatic rings. The number of hydrogen-bond donors (Lipinski definition) is 2. The van der Waals surface area contributed by atoms with Crippen molar-refractivity contribution in [3.8, 4) is 0 Å². The number of nitrogens with two attached hydrogens (primary N) is 2. The van der Waals surface area contributed by atoms with Gasteiger partial charge in [0.05, 0.1) is 0 Å². The van der Waals surface area contributed by atoms with Crippen molar-refractivity contribution in [3.05, 3.63) is 69.7 Å². The molecular formula is C16H18Cl2N2. The van der Waals surface area contributed by atoms with Gasteiger partial charge in [-0.1, -0.05) is 47.5 Å². The summed E-state index contributed by atoms with van der Waals surface area (Å²) in [4.78, 5) is 0. The number of hydrogen-bond acceptors (Lipinski definition) is 2. The van der Waals surface area contributed by atoms with Crippen molar-refractivity contribution in [1.82, 2.24) is 0 Å². The lowest BCUT2D eigenvalue weighted by molar-refractivity contribution is 0.519. The SMILES string of the molecule is N[C@@H](Cc1cccc(Cl)c1)[C@@H](N)Cc1cccc(Cl)c1. The first kappa shape index (κ1) is 15.3. The highest BCUT2D eigenvalue weighted by Crippen LogP contribution is 2.15. The molecule has 0 aromatic heterocycles. The van der Waals surface area contributed by atoms with Crippen LogP contribution in [0.2, 0.25) is 10.0 Å². The molecule has 0 fully saturated rings. The predicted molar refractivity (Wildman–Crippen MR) is 86.3 cm³/mol. The Labute approximate surface area is 129 Å². The molecule has 4 N–H and O–H groups in total. The van der Waals surface area contributed by atoms with Crippen LogP contribution in [0.1, 0.15) is 11.1 Å².